The average molecular weight is 339 g/mol. The van der Waals surface area contributed by atoms with Crippen LogP contribution < -0.4 is 14.9 Å². The van der Waals surface area contributed by atoms with Crippen LogP contribution >= 0.6 is 0 Å². The number of hydrogen-bond donors (Lipinski definition) is 1. The van der Waals surface area contributed by atoms with E-state index in [0.717, 1.165) is 0 Å². The summed E-state index contributed by atoms with van der Waals surface area (Å²) in [6, 6.07) is 8.46. The van der Waals surface area contributed by atoms with Crippen LogP contribution in [0.3, 0.4) is 0 Å². The molecule has 0 fully saturated rings. The van der Waals surface area contributed by atoms with Crippen LogP contribution in [0.1, 0.15) is 5.56 Å². The summed E-state index contributed by atoms with van der Waals surface area (Å²) in [5, 5.41) is 10.6. The maximum Gasteiger partial charge on any atom is 0.231 e. The van der Waals surface area contributed by atoms with Gasteiger partial charge in [0.05, 0.1) is 16.5 Å². The molecule has 2 heterocycles. The predicted molar refractivity (Wildman–Crippen MR) is 93.1 cm³/mol. The van der Waals surface area contributed by atoms with Crippen molar-refractivity contribution in [3.8, 4) is 28.4 Å². The van der Waals surface area contributed by atoms with Gasteiger partial charge >= 0.3 is 0 Å². The van der Waals surface area contributed by atoms with E-state index in [1.807, 2.05) is 19.0 Å². The number of hydrogen-bond acceptors (Lipinski definition) is 6. The number of aromatic hydroxyl groups is 1. The van der Waals surface area contributed by atoms with Gasteiger partial charge < -0.3 is 23.9 Å². The van der Waals surface area contributed by atoms with E-state index >= 15 is 0 Å². The van der Waals surface area contributed by atoms with Crippen molar-refractivity contribution in [1.82, 2.24) is 4.90 Å². The van der Waals surface area contributed by atoms with Gasteiger partial charge in [0, 0.05) is 6.54 Å². The van der Waals surface area contributed by atoms with Crippen LogP contribution in [0.25, 0.3) is 22.1 Å². The Morgan fingerprint density at radius 2 is 1.92 bits per heavy atom. The maximum atomic E-state index is 13.0. The summed E-state index contributed by atoms with van der Waals surface area (Å²) in [5.74, 6) is 1.38. The number of phenols is 1. The molecule has 2 aromatic carbocycles. The molecule has 25 heavy (non-hydrogen) atoms. The zero-order valence-corrected chi connectivity index (χ0v) is 13.9. The minimum atomic E-state index is -0.153. The van der Waals surface area contributed by atoms with Gasteiger partial charge in [0.2, 0.25) is 12.2 Å². The fraction of sp³-hybridized carbons (Fsp3) is 0.211. The van der Waals surface area contributed by atoms with Crippen LogP contribution in [0.5, 0.6) is 17.2 Å². The number of nitrogens with zero attached hydrogens (tertiary/aromatic N) is 1. The van der Waals surface area contributed by atoms with Crippen molar-refractivity contribution < 1.29 is 19.0 Å². The van der Waals surface area contributed by atoms with Gasteiger partial charge in [-0.2, -0.15) is 0 Å². The van der Waals surface area contributed by atoms with Crippen molar-refractivity contribution in [2.75, 3.05) is 20.9 Å². The molecular weight excluding hydrogens is 322 g/mol. The lowest BCUT2D eigenvalue weighted by atomic mass is 10.0. The van der Waals surface area contributed by atoms with Crippen molar-refractivity contribution in [3.63, 3.8) is 0 Å². The Hall–Kier alpha value is -2.99. The van der Waals surface area contributed by atoms with Crippen molar-refractivity contribution in [3.05, 3.63) is 52.4 Å². The summed E-state index contributed by atoms with van der Waals surface area (Å²) >= 11 is 0. The highest BCUT2D eigenvalue weighted by molar-refractivity contribution is 5.85. The predicted octanol–water partition coefficient (Wildman–Crippen LogP) is 2.96. The Morgan fingerprint density at radius 1 is 1.12 bits per heavy atom. The van der Waals surface area contributed by atoms with Gasteiger partial charge in [-0.25, -0.2) is 0 Å². The quantitative estimate of drug-likeness (QED) is 0.791. The van der Waals surface area contributed by atoms with Crippen molar-refractivity contribution >= 4 is 11.0 Å². The van der Waals surface area contributed by atoms with Crippen LogP contribution in [0, 0.1) is 0 Å². The molecule has 0 saturated heterocycles. The molecule has 6 nitrogen and oxygen atoms in total. The molecule has 1 aromatic heterocycles. The van der Waals surface area contributed by atoms with Gasteiger partial charge in [-0.15, -0.1) is 0 Å². The molecule has 0 aliphatic carbocycles. The monoisotopic (exact) mass is 339 g/mol. The highest BCUT2D eigenvalue weighted by atomic mass is 16.7. The summed E-state index contributed by atoms with van der Waals surface area (Å²) < 4.78 is 16.4. The Labute approximate surface area is 143 Å². The molecule has 0 radical (unpaired) electrons. The van der Waals surface area contributed by atoms with E-state index in [1.165, 1.54) is 12.3 Å². The normalized spacial score (nSPS) is 12.9. The summed E-state index contributed by atoms with van der Waals surface area (Å²) in [7, 11) is 3.77. The van der Waals surface area contributed by atoms with E-state index < -0.39 is 0 Å². The standard InChI is InChI=1S/C19H17NO5/c1-20(2)8-13-15(21)5-4-12-18(22)14(9-23-19(12)13)11-3-6-16-17(7-11)25-10-24-16/h3-7,9,21H,8,10H2,1-2H3. The van der Waals surface area contributed by atoms with Gasteiger partial charge in [0.1, 0.15) is 17.6 Å². The second-order valence-electron chi connectivity index (χ2n) is 6.22. The highest BCUT2D eigenvalue weighted by Gasteiger charge is 2.18. The van der Waals surface area contributed by atoms with E-state index in [9.17, 15) is 9.90 Å². The van der Waals surface area contributed by atoms with Crippen molar-refractivity contribution in [1.29, 1.82) is 0 Å². The van der Waals surface area contributed by atoms with E-state index in [1.54, 1.807) is 24.3 Å². The third-order valence-corrected chi connectivity index (χ3v) is 4.18. The van der Waals surface area contributed by atoms with Crippen LogP contribution in [0.15, 0.2) is 45.8 Å². The largest absolute Gasteiger partial charge is 0.507 e. The molecule has 1 aliphatic rings. The number of ether oxygens (including phenoxy) is 2. The van der Waals surface area contributed by atoms with E-state index in [0.29, 0.717) is 45.7 Å². The fourth-order valence-electron chi connectivity index (χ4n) is 2.98. The Bertz CT molecular complexity index is 1020. The summed E-state index contributed by atoms with van der Waals surface area (Å²) in [6.07, 6.45) is 1.43. The van der Waals surface area contributed by atoms with Crippen LogP contribution in [0.4, 0.5) is 0 Å². The molecule has 0 unspecified atom stereocenters. The van der Waals surface area contributed by atoms with Gasteiger partial charge in [0.25, 0.3) is 0 Å². The molecule has 0 saturated carbocycles. The minimum absolute atomic E-state index is 0.111. The molecule has 6 heteroatoms. The number of rotatable bonds is 3. The second kappa shape index (κ2) is 5.82. The highest BCUT2D eigenvalue weighted by Crippen LogP contribution is 2.36. The first-order valence-corrected chi connectivity index (χ1v) is 7.85. The number of benzene rings is 2. The Balaban J connectivity index is 1.89. The van der Waals surface area contributed by atoms with Gasteiger partial charge in [-0.1, -0.05) is 6.07 Å². The van der Waals surface area contributed by atoms with E-state index in [4.69, 9.17) is 13.9 Å². The summed E-state index contributed by atoms with van der Waals surface area (Å²) in [4.78, 5) is 14.9. The minimum Gasteiger partial charge on any atom is -0.507 e. The summed E-state index contributed by atoms with van der Waals surface area (Å²) in [5.41, 5.74) is 1.98. The Kier molecular flexibility index (Phi) is 3.62. The first kappa shape index (κ1) is 15.5. The molecule has 0 atom stereocenters. The number of phenolic OH excluding ortho intramolecular Hbond substituents is 1. The zero-order chi connectivity index (χ0) is 17.6. The van der Waals surface area contributed by atoms with Crippen LogP contribution in [-0.2, 0) is 6.54 Å². The SMILES string of the molecule is CN(C)Cc1c(O)ccc2c(=O)c(-c3ccc4c(c3)OCO4)coc12. The third-order valence-electron chi connectivity index (χ3n) is 4.18. The second-order valence-corrected chi connectivity index (χ2v) is 6.22. The maximum absolute atomic E-state index is 13.0. The van der Waals surface area contributed by atoms with Crippen molar-refractivity contribution in [2.24, 2.45) is 0 Å². The lowest BCUT2D eigenvalue weighted by Crippen LogP contribution is -2.12. The average Bonchev–Trinajstić information content (AvgIpc) is 3.05. The molecule has 1 aliphatic heterocycles. The molecule has 0 spiro atoms. The van der Waals surface area contributed by atoms with Crippen LogP contribution in [-0.4, -0.2) is 30.9 Å². The summed E-state index contributed by atoms with van der Waals surface area (Å²) in [6.45, 7) is 0.647. The van der Waals surface area contributed by atoms with Gasteiger partial charge in [-0.05, 0) is 43.9 Å². The third kappa shape index (κ3) is 2.60. The zero-order valence-electron chi connectivity index (χ0n) is 13.9. The topological polar surface area (TPSA) is 72.1 Å². The molecule has 0 amide bonds. The van der Waals surface area contributed by atoms with E-state index in [2.05, 4.69) is 0 Å². The van der Waals surface area contributed by atoms with Gasteiger partial charge in [0.15, 0.2) is 11.5 Å². The van der Waals surface area contributed by atoms with Crippen molar-refractivity contribution in [2.45, 2.75) is 6.54 Å². The molecule has 128 valence electrons. The van der Waals surface area contributed by atoms with Crippen LogP contribution in [0.2, 0.25) is 0 Å². The molecule has 0 bridgehead atoms. The lowest BCUT2D eigenvalue weighted by molar-refractivity contribution is 0.174. The molecule has 4 rings (SSSR count). The van der Waals surface area contributed by atoms with Gasteiger partial charge in [-0.3, -0.25) is 4.79 Å². The number of fused-ring (bicyclic) bond motifs is 2. The fourth-order valence-corrected chi connectivity index (χ4v) is 2.98. The first-order valence-electron chi connectivity index (χ1n) is 7.85. The molecular formula is C19H17NO5. The first-order chi connectivity index (χ1) is 12.0. The smallest absolute Gasteiger partial charge is 0.231 e. The lowest BCUT2D eigenvalue weighted by Gasteiger charge is -2.13. The Morgan fingerprint density at radius 3 is 2.72 bits per heavy atom. The molecule has 3 aromatic rings. The van der Waals surface area contributed by atoms with E-state index in [-0.39, 0.29) is 18.0 Å². The molecule has 1 N–H and O–H groups in total.